The molecule has 4 rings (SSSR count). The molecule has 1 N–H and O–H groups in total. The van der Waals surface area contributed by atoms with Crippen molar-refractivity contribution in [3.63, 3.8) is 0 Å². The number of ether oxygens (including phenoxy) is 1. The van der Waals surface area contributed by atoms with Gasteiger partial charge in [-0.1, -0.05) is 12.1 Å². The number of amides is 1. The number of carbonyl (C=O) groups is 2. The fraction of sp³-hybridized carbons (Fsp3) is 0.261. The van der Waals surface area contributed by atoms with Crippen molar-refractivity contribution < 1.29 is 19.2 Å². The van der Waals surface area contributed by atoms with Gasteiger partial charge in [-0.2, -0.15) is 10.2 Å². The molecule has 1 atom stereocenters. The molecule has 0 bridgehead atoms. The van der Waals surface area contributed by atoms with Crippen LogP contribution in [-0.4, -0.2) is 47.8 Å². The number of anilines is 1. The van der Waals surface area contributed by atoms with Gasteiger partial charge in [0.1, 0.15) is 23.0 Å². The number of aryl methyl sites for hydroxylation is 1. The van der Waals surface area contributed by atoms with Crippen molar-refractivity contribution in [3.8, 4) is 11.3 Å². The van der Waals surface area contributed by atoms with Gasteiger partial charge >= 0.3 is 11.7 Å². The third-order valence-electron chi connectivity index (χ3n) is 5.54. The van der Waals surface area contributed by atoms with Gasteiger partial charge in [0.2, 0.25) is 5.91 Å². The number of hydrogen-bond acceptors (Lipinski definition) is 8. The zero-order chi connectivity index (χ0) is 25.3. The number of rotatable bonds is 7. The fourth-order valence-corrected chi connectivity index (χ4v) is 3.87. The third kappa shape index (κ3) is 4.33. The standard InChI is InChI=1S/C23H23N7O5/c1-5-35-23(32)18-12-25-29-19(9-10-24-21(18)29)16-7-6-8-17(11-16)26-22(31)15(4)28-14(3)20(30(33)34)13(2)27-28/h6-12,15H,5H2,1-4H3,(H,26,31). The van der Waals surface area contributed by atoms with Gasteiger partial charge in [-0.25, -0.2) is 14.3 Å². The van der Waals surface area contributed by atoms with Gasteiger partial charge in [0.25, 0.3) is 0 Å². The van der Waals surface area contributed by atoms with E-state index in [1.807, 2.05) is 6.07 Å². The smallest absolute Gasteiger partial charge is 0.343 e. The van der Waals surface area contributed by atoms with E-state index in [4.69, 9.17) is 4.74 Å². The molecule has 0 radical (unpaired) electrons. The Balaban J connectivity index is 1.61. The summed E-state index contributed by atoms with van der Waals surface area (Å²) < 4.78 is 7.95. The van der Waals surface area contributed by atoms with Gasteiger partial charge < -0.3 is 10.1 Å². The molecule has 0 saturated heterocycles. The minimum atomic E-state index is -0.781. The number of carbonyl (C=O) groups excluding carboxylic acids is 2. The fourth-order valence-electron chi connectivity index (χ4n) is 3.87. The van der Waals surface area contributed by atoms with Crippen LogP contribution in [0.5, 0.6) is 0 Å². The minimum absolute atomic E-state index is 0.102. The molecule has 12 heteroatoms. The Labute approximate surface area is 199 Å². The van der Waals surface area contributed by atoms with E-state index in [1.165, 1.54) is 22.3 Å². The SMILES string of the molecule is CCOC(=O)c1cnn2c(-c3cccc(NC(=O)C(C)n4nc(C)c([N+](=O)[O-])c4C)c3)ccnc12. The van der Waals surface area contributed by atoms with E-state index >= 15 is 0 Å². The van der Waals surface area contributed by atoms with Crippen LogP contribution >= 0.6 is 0 Å². The van der Waals surface area contributed by atoms with E-state index < -0.39 is 16.9 Å². The highest BCUT2D eigenvalue weighted by atomic mass is 16.6. The second-order valence-corrected chi connectivity index (χ2v) is 7.81. The predicted molar refractivity (Wildman–Crippen MR) is 126 cm³/mol. The summed E-state index contributed by atoms with van der Waals surface area (Å²) in [5.74, 6) is -0.891. The molecule has 0 aliphatic carbocycles. The monoisotopic (exact) mass is 477 g/mol. The second kappa shape index (κ2) is 9.33. The van der Waals surface area contributed by atoms with Crippen molar-refractivity contribution in [1.82, 2.24) is 24.4 Å². The molecule has 0 fully saturated rings. The van der Waals surface area contributed by atoms with Gasteiger partial charge in [0, 0.05) is 17.4 Å². The summed E-state index contributed by atoms with van der Waals surface area (Å²) in [6, 6.07) is 8.05. The molecule has 3 aromatic heterocycles. The van der Waals surface area contributed by atoms with Crippen LogP contribution in [-0.2, 0) is 9.53 Å². The first-order valence-corrected chi connectivity index (χ1v) is 10.8. The Morgan fingerprint density at radius 2 is 2.03 bits per heavy atom. The van der Waals surface area contributed by atoms with E-state index in [0.717, 1.165) is 5.56 Å². The molecule has 1 amide bonds. The maximum Gasteiger partial charge on any atom is 0.343 e. The van der Waals surface area contributed by atoms with E-state index in [1.54, 1.807) is 51.2 Å². The van der Waals surface area contributed by atoms with Crippen LogP contribution in [0.2, 0.25) is 0 Å². The van der Waals surface area contributed by atoms with Crippen molar-refractivity contribution in [3.05, 3.63) is 69.8 Å². The summed E-state index contributed by atoms with van der Waals surface area (Å²) in [6.07, 6.45) is 2.98. The summed E-state index contributed by atoms with van der Waals surface area (Å²) in [7, 11) is 0. The summed E-state index contributed by atoms with van der Waals surface area (Å²) in [5.41, 5.74) is 2.96. The molecule has 0 saturated carbocycles. The van der Waals surface area contributed by atoms with Gasteiger partial charge in [0.05, 0.1) is 23.4 Å². The van der Waals surface area contributed by atoms with E-state index in [9.17, 15) is 19.7 Å². The van der Waals surface area contributed by atoms with Crippen LogP contribution in [0.4, 0.5) is 11.4 Å². The average molecular weight is 477 g/mol. The zero-order valence-electron chi connectivity index (χ0n) is 19.6. The molecule has 0 aliphatic heterocycles. The lowest BCUT2D eigenvalue weighted by Gasteiger charge is -2.15. The number of hydrogen-bond donors (Lipinski definition) is 1. The Morgan fingerprint density at radius 1 is 1.26 bits per heavy atom. The topological polar surface area (TPSA) is 147 Å². The molecule has 0 aliphatic rings. The highest BCUT2D eigenvalue weighted by Gasteiger charge is 2.27. The first kappa shape index (κ1) is 23.5. The Hall–Kier alpha value is -4.61. The molecular formula is C23H23N7O5. The van der Waals surface area contributed by atoms with Crippen molar-refractivity contribution in [1.29, 1.82) is 0 Å². The summed E-state index contributed by atoms with van der Waals surface area (Å²) in [4.78, 5) is 40.2. The number of nitrogens with one attached hydrogen (secondary N) is 1. The number of aromatic nitrogens is 5. The Kier molecular flexibility index (Phi) is 6.28. The highest BCUT2D eigenvalue weighted by molar-refractivity contribution is 5.96. The maximum atomic E-state index is 12.9. The lowest BCUT2D eigenvalue weighted by molar-refractivity contribution is -0.386. The lowest BCUT2D eigenvalue weighted by atomic mass is 10.1. The van der Waals surface area contributed by atoms with E-state index in [0.29, 0.717) is 22.7 Å². The Bertz CT molecular complexity index is 1460. The first-order valence-electron chi connectivity index (χ1n) is 10.8. The quantitative estimate of drug-likeness (QED) is 0.242. The zero-order valence-corrected chi connectivity index (χ0v) is 19.6. The number of fused-ring (bicyclic) bond motifs is 1. The molecule has 1 aromatic carbocycles. The van der Waals surface area contributed by atoms with Crippen molar-refractivity contribution in [2.75, 3.05) is 11.9 Å². The molecule has 4 aromatic rings. The van der Waals surface area contributed by atoms with Crippen LogP contribution in [0.25, 0.3) is 16.9 Å². The summed E-state index contributed by atoms with van der Waals surface area (Å²) in [5, 5.41) is 22.6. The van der Waals surface area contributed by atoms with Gasteiger partial charge in [-0.3, -0.25) is 19.6 Å². The van der Waals surface area contributed by atoms with Crippen LogP contribution in [0.15, 0.2) is 42.7 Å². The van der Waals surface area contributed by atoms with Crippen molar-refractivity contribution in [2.24, 2.45) is 0 Å². The van der Waals surface area contributed by atoms with Crippen LogP contribution in [0.1, 0.15) is 41.6 Å². The van der Waals surface area contributed by atoms with E-state index in [2.05, 4.69) is 20.5 Å². The highest BCUT2D eigenvalue weighted by Crippen LogP contribution is 2.27. The molecule has 3 heterocycles. The van der Waals surface area contributed by atoms with Crippen LogP contribution in [0.3, 0.4) is 0 Å². The molecule has 0 spiro atoms. The molecule has 1 unspecified atom stereocenters. The number of esters is 1. The van der Waals surface area contributed by atoms with Gasteiger partial charge in [-0.05, 0) is 45.9 Å². The number of nitro groups is 1. The second-order valence-electron chi connectivity index (χ2n) is 7.81. The van der Waals surface area contributed by atoms with Gasteiger partial charge in [-0.15, -0.1) is 0 Å². The van der Waals surface area contributed by atoms with Crippen LogP contribution < -0.4 is 5.32 Å². The average Bonchev–Trinajstić information content (AvgIpc) is 3.39. The first-order chi connectivity index (χ1) is 16.7. The number of nitrogens with zero attached hydrogens (tertiary/aromatic N) is 6. The molecule has 180 valence electrons. The minimum Gasteiger partial charge on any atom is -0.462 e. The van der Waals surface area contributed by atoms with Crippen LogP contribution in [0, 0.1) is 24.0 Å². The largest absolute Gasteiger partial charge is 0.462 e. The van der Waals surface area contributed by atoms with E-state index in [-0.39, 0.29) is 29.5 Å². The van der Waals surface area contributed by atoms with Crippen molar-refractivity contribution >= 4 is 28.9 Å². The molecule has 12 nitrogen and oxygen atoms in total. The normalized spacial score (nSPS) is 11.9. The number of benzene rings is 1. The summed E-state index contributed by atoms with van der Waals surface area (Å²) in [6.45, 7) is 6.68. The lowest BCUT2D eigenvalue weighted by Crippen LogP contribution is -2.25. The predicted octanol–water partition coefficient (Wildman–Crippen LogP) is 3.49. The van der Waals surface area contributed by atoms with Crippen molar-refractivity contribution in [2.45, 2.75) is 33.7 Å². The molecule has 35 heavy (non-hydrogen) atoms. The third-order valence-corrected chi connectivity index (χ3v) is 5.54. The summed E-state index contributed by atoms with van der Waals surface area (Å²) >= 11 is 0. The maximum absolute atomic E-state index is 12.9. The Morgan fingerprint density at radius 3 is 2.71 bits per heavy atom. The van der Waals surface area contributed by atoms with Gasteiger partial charge in [0.15, 0.2) is 5.65 Å². The molecular weight excluding hydrogens is 454 g/mol.